The predicted octanol–water partition coefficient (Wildman–Crippen LogP) is 0.378. The van der Waals surface area contributed by atoms with Crippen molar-refractivity contribution in [2.75, 3.05) is 13.1 Å². The highest BCUT2D eigenvalue weighted by molar-refractivity contribution is 5.88. The number of hydrogen-bond acceptors (Lipinski definition) is 5. The van der Waals surface area contributed by atoms with Crippen molar-refractivity contribution in [1.82, 2.24) is 14.9 Å². The first-order chi connectivity index (χ1) is 8.58. The summed E-state index contributed by atoms with van der Waals surface area (Å²) in [6.45, 7) is 3.99. The van der Waals surface area contributed by atoms with E-state index in [4.69, 9.17) is 5.11 Å². The number of carbonyl (C=O) groups is 1. The van der Waals surface area contributed by atoms with Crippen LogP contribution in [0.1, 0.15) is 29.4 Å². The van der Waals surface area contributed by atoms with Gasteiger partial charge in [0.1, 0.15) is 11.9 Å². The molecule has 0 saturated carbocycles. The summed E-state index contributed by atoms with van der Waals surface area (Å²) >= 11 is 0. The lowest BCUT2D eigenvalue weighted by Gasteiger charge is -2.34. The number of carboxylic acid groups (broad SMARTS) is 1. The van der Waals surface area contributed by atoms with Crippen LogP contribution in [0.3, 0.4) is 0 Å². The molecule has 18 heavy (non-hydrogen) atoms. The van der Waals surface area contributed by atoms with Crippen LogP contribution in [0.25, 0.3) is 0 Å². The SMILES string of the molecule is CC1CN(Cc2ncncc2C(=O)O)CCC1O. The highest BCUT2D eigenvalue weighted by atomic mass is 16.4. The molecule has 2 unspecified atom stereocenters. The van der Waals surface area contributed by atoms with Gasteiger partial charge in [-0.1, -0.05) is 6.92 Å². The van der Waals surface area contributed by atoms with Crippen molar-refractivity contribution < 1.29 is 15.0 Å². The Hall–Kier alpha value is -1.53. The number of carboxylic acids is 1. The molecule has 6 heteroatoms. The molecule has 2 N–H and O–H groups in total. The second kappa shape index (κ2) is 5.41. The summed E-state index contributed by atoms with van der Waals surface area (Å²) in [6, 6.07) is 0. The molecule has 98 valence electrons. The third-order valence-electron chi connectivity index (χ3n) is 3.34. The quantitative estimate of drug-likeness (QED) is 0.807. The van der Waals surface area contributed by atoms with E-state index in [9.17, 15) is 9.90 Å². The first-order valence-corrected chi connectivity index (χ1v) is 6.00. The van der Waals surface area contributed by atoms with Crippen LogP contribution in [-0.4, -0.2) is 50.2 Å². The number of piperidine rings is 1. The van der Waals surface area contributed by atoms with E-state index in [1.54, 1.807) is 0 Å². The maximum atomic E-state index is 11.0. The van der Waals surface area contributed by atoms with Crippen molar-refractivity contribution in [2.45, 2.75) is 26.0 Å². The molecule has 1 saturated heterocycles. The highest BCUT2D eigenvalue weighted by Gasteiger charge is 2.25. The van der Waals surface area contributed by atoms with Crippen LogP contribution in [-0.2, 0) is 6.54 Å². The minimum Gasteiger partial charge on any atom is -0.478 e. The van der Waals surface area contributed by atoms with Gasteiger partial charge in [0.2, 0.25) is 0 Å². The lowest BCUT2D eigenvalue weighted by atomic mass is 9.96. The van der Waals surface area contributed by atoms with Crippen molar-refractivity contribution in [2.24, 2.45) is 5.92 Å². The van der Waals surface area contributed by atoms with Gasteiger partial charge in [-0.2, -0.15) is 0 Å². The van der Waals surface area contributed by atoms with Crippen molar-refractivity contribution >= 4 is 5.97 Å². The van der Waals surface area contributed by atoms with E-state index in [0.29, 0.717) is 18.7 Å². The van der Waals surface area contributed by atoms with Crippen LogP contribution in [0.5, 0.6) is 0 Å². The Labute approximate surface area is 105 Å². The van der Waals surface area contributed by atoms with E-state index >= 15 is 0 Å². The molecule has 2 atom stereocenters. The zero-order chi connectivity index (χ0) is 13.1. The maximum Gasteiger partial charge on any atom is 0.339 e. The van der Waals surface area contributed by atoms with E-state index in [2.05, 4.69) is 14.9 Å². The number of aliphatic hydroxyl groups excluding tert-OH is 1. The van der Waals surface area contributed by atoms with Crippen molar-refractivity contribution in [3.05, 3.63) is 23.8 Å². The van der Waals surface area contributed by atoms with Crippen LogP contribution < -0.4 is 0 Å². The van der Waals surface area contributed by atoms with Crippen LogP contribution in [0.2, 0.25) is 0 Å². The molecule has 0 aliphatic carbocycles. The van der Waals surface area contributed by atoms with Crippen molar-refractivity contribution in [1.29, 1.82) is 0 Å². The van der Waals surface area contributed by atoms with Gasteiger partial charge >= 0.3 is 5.97 Å². The zero-order valence-electron chi connectivity index (χ0n) is 10.3. The number of nitrogens with zero attached hydrogens (tertiary/aromatic N) is 3. The zero-order valence-corrected chi connectivity index (χ0v) is 10.3. The van der Waals surface area contributed by atoms with Gasteiger partial charge in [-0.05, 0) is 12.3 Å². The first-order valence-electron chi connectivity index (χ1n) is 6.00. The minimum atomic E-state index is -1.00. The Morgan fingerprint density at radius 2 is 2.39 bits per heavy atom. The molecule has 1 aromatic rings. The number of aliphatic hydroxyl groups is 1. The fourth-order valence-corrected chi connectivity index (χ4v) is 2.23. The molecule has 1 aromatic heterocycles. The minimum absolute atomic E-state index is 0.149. The molecule has 1 fully saturated rings. The lowest BCUT2D eigenvalue weighted by molar-refractivity contribution is 0.0312. The smallest absolute Gasteiger partial charge is 0.339 e. The molecule has 0 amide bonds. The van der Waals surface area contributed by atoms with Gasteiger partial charge in [-0.15, -0.1) is 0 Å². The molecule has 2 heterocycles. The Morgan fingerprint density at radius 3 is 3.06 bits per heavy atom. The Morgan fingerprint density at radius 1 is 1.61 bits per heavy atom. The van der Waals surface area contributed by atoms with Gasteiger partial charge in [0.05, 0.1) is 11.8 Å². The average Bonchev–Trinajstić information content (AvgIpc) is 2.34. The average molecular weight is 251 g/mol. The second-order valence-corrected chi connectivity index (χ2v) is 4.76. The third-order valence-corrected chi connectivity index (χ3v) is 3.34. The predicted molar refractivity (Wildman–Crippen MR) is 64.1 cm³/mol. The summed E-state index contributed by atoms with van der Waals surface area (Å²) in [4.78, 5) is 20.9. The molecule has 0 bridgehead atoms. The normalized spacial score (nSPS) is 25.0. The number of hydrogen-bond donors (Lipinski definition) is 2. The molecule has 0 aromatic carbocycles. The number of aromatic nitrogens is 2. The Balaban J connectivity index is 2.08. The van der Waals surface area contributed by atoms with E-state index in [0.717, 1.165) is 13.1 Å². The van der Waals surface area contributed by atoms with Gasteiger partial charge in [0.15, 0.2) is 0 Å². The number of aromatic carboxylic acids is 1. The van der Waals surface area contributed by atoms with Gasteiger partial charge in [0.25, 0.3) is 0 Å². The lowest BCUT2D eigenvalue weighted by Crippen LogP contribution is -2.41. The van der Waals surface area contributed by atoms with Crippen LogP contribution in [0, 0.1) is 5.92 Å². The molecule has 2 rings (SSSR count). The van der Waals surface area contributed by atoms with E-state index in [-0.39, 0.29) is 17.6 Å². The molecule has 0 radical (unpaired) electrons. The number of likely N-dealkylation sites (tertiary alicyclic amines) is 1. The summed E-state index contributed by atoms with van der Waals surface area (Å²) in [5, 5.41) is 18.7. The summed E-state index contributed by atoms with van der Waals surface area (Å²) in [5.41, 5.74) is 0.678. The molecule has 6 nitrogen and oxygen atoms in total. The highest BCUT2D eigenvalue weighted by Crippen LogP contribution is 2.18. The van der Waals surface area contributed by atoms with Gasteiger partial charge in [-0.3, -0.25) is 4.90 Å². The van der Waals surface area contributed by atoms with Crippen LogP contribution >= 0.6 is 0 Å². The van der Waals surface area contributed by atoms with Crippen molar-refractivity contribution in [3.63, 3.8) is 0 Å². The largest absolute Gasteiger partial charge is 0.478 e. The van der Waals surface area contributed by atoms with Gasteiger partial charge in [-0.25, -0.2) is 14.8 Å². The summed E-state index contributed by atoms with van der Waals surface area (Å²) in [7, 11) is 0. The fraction of sp³-hybridized carbons (Fsp3) is 0.583. The molecule has 0 spiro atoms. The Kier molecular flexibility index (Phi) is 3.88. The Bertz CT molecular complexity index is 438. The van der Waals surface area contributed by atoms with E-state index in [1.807, 2.05) is 6.92 Å². The first kappa shape index (κ1) is 12.9. The molecular weight excluding hydrogens is 234 g/mol. The van der Waals surface area contributed by atoms with E-state index < -0.39 is 5.97 Å². The molecule has 1 aliphatic rings. The fourth-order valence-electron chi connectivity index (χ4n) is 2.23. The van der Waals surface area contributed by atoms with Crippen molar-refractivity contribution in [3.8, 4) is 0 Å². The van der Waals surface area contributed by atoms with E-state index in [1.165, 1.54) is 12.5 Å². The monoisotopic (exact) mass is 251 g/mol. The summed E-state index contributed by atoms with van der Waals surface area (Å²) in [5.74, 6) is -0.801. The van der Waals surface area contributed by atoms with Crippen LogP contribution in [0.15, 0.2) is 12.5 Å². The number of rotatable bonds is 3. The second-order valence-electron chi connectivity index (χ2n) is 4.76. The summed E-state index contributed by atoms with van der Waals surface area (Å²) in [6.07, 6.45) is 3.15. The molecule has 1 aliphatic heterocycles. The standard InChI is InChI=1S/C12H17N3O3/c1-8-5-15(3-2-11(8)16)6-10-9(12(17)18)4-13-7-14-10/h4,7-8,11,16H,2-3,5-6H2,1H3,(H,17,18). The topological polar surface area (TPSA) is 86.6 Å². The summed E-state index contributed by atoms with van der Waals surface area (Å²) < 4.78 is 0. The van der Waals surface area contributed by atoms with Gasteiger partial charge in [0, 0.05) is 25.8 Å². The molecular formula is C12H17N3O3. The third kappa shape index (κ3) is 2.83. The maximum absolute atomic E-state index is 11.0. The van der Waals surface area contributed by atoms with Crippen LogP contribution in [0.4, 0.5) is 0 Å². The van der Waals surface area contributed by atoms with Gasteiger partial charge < -0.3 is 10.2 Å².